The van der Waals surface area contributed by atoms with Crippen LogP contribution in [0, 0.1) is 10.1 Å². The maximum atomic E-state index is 13.2. The van der Waals surface area contributed by atoms with E-state index in [0.29, 0.717) is 5.69 Å². The van der Waals surface area contributed by atoms with E-state index in [1.165, 1.54) is 57.5 Å². The molecular formula is C29H27N3O9S. The van der Waals surface area contributed by atoms with E-state index in [9.17, 15) is 28.1 Å². The monoisotopic (exact) mass is 593 g/mol. The standard InChI is InChI=1S/C29H27N3O9S/c1-19(29(34)30-26-17-23(32(35)36)11-15-27(26)39-3)41-28(33)18-40-24-12-9-22(10-13-24)31(2)42(37,38)25-14-8-20-6-4-5-7-21(20)16-25/h4-17,19H,18H2,1-3H3,(H,30,34). The van der Waals surface area contributed by atoms with E-state index in [2.05, 4.69) is 5.32 Å². The molecule has 0 aliphatic carbocycles. The number of rotatable bonds is 11. The van der Waals surface area contributed by atoms with Crippen LogP contribution in [0.3, 0.4) is 0 Å². The first-order valence-corrected chi connectivity index (χ1v) is 14.0. The molecule has 1 amide bonds. The number of nitro groups is 1. The van der Waals surface area contributed by atoms with E-state index in [-0.39, 0.29) is 27.8 Å². The number of ether oxygens (including phenoxy) is 3. The van der Waals surface area contributed by atoms with Crippen molar-refractivity contribution in [2.75, 3.05) is 30.4 Å². The number of amides is 1. The summed E-state index contributed by atoms with van der Waals surface area (Å²) in [6.07, 6.45) is -1.25. The van der Waals surface area contributed by atoms with E-state index in [4.69, 9.17) is 14.2 Å². The third-order valence-electron chi connectivity index (χ3n) is 6.27. The molecule has 0 bridgehead atoms. The highest BCUT2D eigenvalue weighted by atomic mass is 32.2. The minimum atomic E-state index is -3.84. The number of nitrogens with zero attached hydrogens (tertiary/aromatic N) is 2. The first-order valence-electron chi connectivity index (χ1n) is 12.5. The van der Waals surface area contributed by atoms with Gasteiger partial charge in [0.05, 0.1) is 28.3 Å². The van der Waals surface area contributed by atoms with E-state index in [1.54, 1.807) is 18.2 Å². The second-order valence-corrected chi connectivity index (χ2v) is 11.0. The predicted octanol–water partition coefficient (Wildman–Crippen LogP) is 4.53. The second kappa shape index (κ2) is 12.6. The molecule has 0 radical (unpaired) electrons. The summed E-state index contributed by atoms with van der Waals surface area (Å²) in [6, 6.07) is 22.1. The molecule has 0 aliphatic rings. The Balaban J connectivity index is 1.33. The lowest BCUT2D eigenvalue weighted by molar-refractivity contribution is -0.384. The van der Waals surface area contributed by atoms with Gasteiger partial charge in [-0.1, -0.05) is 30.3 Å². The first kappa shape index (κ1) is 29.8. The van der Waals surface area contributed by atoms with Gasteiger partial charge >= 0.3 is 5.97 Å². The average molecular weight is 594 g/mol. The van der Waals surface area contributed by atoms with Crippen molar-refractivity contribution in [2.24, 2.45) is 0 Å². The number of carbonyl (C=O) groups is 2. The minimum absolute atomic E-state index is 0.0449. The fourth-order valence-electron chi connectivity index (χ4n) is 3.95. The van der Waals surface area contributed by atoms with Crippen molar-refractivity contribution < 1.29 is 37.1 Å². The molecule has 0 heterocycles. The van der Waals surface area contributed by atoms with Crippen LogP contribution in [0.2, 0.25) is 0 Å². The van der Waals surface area contributed by atoms with Crippen LogP contribution in [0.15, 0.2) is 89.8 Å². The molecule has 0 aliphatic heterocycles. The topological polar surface area (TPSA) is 154 Å². The summed E-state index contributed by atoms with van der Waals surface area (Å²) in [7, 11) is -1.06. The average Bonchev–Trinajstić information content (AvgIpc) is 2.99. The largest absolute Gasteiger partial charge is 0.495 e. The molecule has 1 N–H and O–H groups in total. The molecule has 0 saturated heterocycles. The molecule has 42 heavy (non-hydrogen) atoms. The number of sulfonamides is 1. The molecule has 0 fully saturated rings. The number of non-ortho nitro benzene ring substituents is 1. The van der Waals surface area contributed by atoms with Crippen molar-refractivity contribution in [1.29, 1.82) is 0 Å². The van der Waals surface area contributed by atoms with E-state index in [0.717, 1.165) is 21.1 Å². The van der Waals surface area contributed by atoms with Crippen molar-refractivity contribution in [1.82, 2.24) is 0 Å². The summed E-state index contributed by atoms with van der Waals surface area (Å²) in [5.41, 5.74) is 0.163. The fraction of sp³-hybridized carbons (Fsp3) is 0.172. The highest BCUT2D eigenvalue weighted by molar-refractivity contribution is 7.92. The molecule has 0 spiro atoms. The molecule has 1 unspecified atom stereocenters. The van der Waals surface area contributed by atoms with Gasteiger partial charge in [0.2, 0.25) is 0 Å². The second-order valence-electron chi connectivity index (χ2n) is 9.03. The van der Waals surface area contributed by atoms with E-state index in [1.807, 2.05) is 24.3 Å². The number of methoxy groups -OCH3 is 1. The number of anilines is 2. The lowest BCUT2D eigenvalue weighted by atomic mass is 10.1. The molecule has 0 saturated carbocycles. The summed E-state index contributed by atoms with van der Waals surface area (Å²) in [4.78, 5) is 35.4. The summed E-state index contributed by atoms with van der Waals surface area (Å²) < 4.78 is 43.2. The van der Waals surface area contributed by atoms with Gasteiger partial charge in [0, 0.05) is 19.2 Å². The van der Waals surface area contributed by atoms with Crippen molar-refractivity contribution >= 4 is 49.7 Å². The highest BCUT2D eigenvalue weighted by Gasteiger charge is 2.23. The van der Waals surface area contributed by atoms with Crippen LogP contribution < -0.4 is 19.1 Å². The fourth-order valence-corrected chi connectivity index (χ4v) is 5.18. The quantitative estimate of drug-likeness (QED) is 0.150. The Kier molecular flexibility index (Phi) is 8.91. The van der Waals surface area contributed by atoms with Crippen molar-refractivity contribution in [3.63, 3.8) is 0 Å². The Morgan fingerprint density at radius 1 is 0.976 bits per heavy atom. The van der Waals surface area contributed by atoms with Crippen LogP contribution in [0.4, 0.5) is 17.1 Å². The normalized spacial score (nSPS) is 11.8. The molecule has 12 nitrogen and oxygen atoms in total. The molecule has 0 aromatic heterocycles. The zero-order valence-electron chi connectivity index (χ0n) is 22.8. The van der Waals surface area contributed by atoms with Crippen LogP contribution >= 0.6 is 0 Å². The van der Waals surface area contributed by atoms with Gasteiger partial charge in [-0.05, 0) is 60.2 Å². The van der Waals surface area contributed by atoms with Gasteiger partial charge in [-0.2, -0.15) is 0 Å². The summed E-state index contributed by atoms with van der Waals surface area (Å²) in [5.74, 6) is -1.12. The highest BCUT2D eigenvalue weighted by Crippen LogP contribution is 2.29. The maximum Gasteiger partial charge on any atom is 0.344 e. The van der Waals surface area contributed by atoms with Gasteiger partial charge < -0.3 is 19.5 Å². The Hall–Kier alpha value is -5.17. The number of fused-ring (bicyclic) bond motifs is 1. The molecule has 218 valence electrons. The van der Waals surface area contributed by atoms with Crippen molar-refractivity contribution in [2.45, 2.75) is 17.9 Å². The summed E-state index contributed by atoms with van der Waals surface area (Å²) in [6.45, 7) is 0.806. The van der Waals surface area contributed by atoms with Gasteiger partial charge in [-0.15, -0.1) is 0 Å². The number of esters is 1. The molecule has 4 aromatic rings. The summed E-state index contributed by atoms with van der Waals surface area (Å²) in [5, 5.41) is 15.2. The number of hydrogen-bond acceptors (Lipinski definition) is 9. The Morgan fingerprint density at radius 2 is 1.67 bits per heavy atom. The van der Waals surface area contributed by atoms with Crippen LogP contribution in [0.5, 0.6) is 11.5 Å². The van der Waals surface area contributed by atoms with Gasteiger partial charge in [0.15, 0.2) is 12.7 Å². The number of nitro benzene ring substituents is 1. The SMILES string of the molecule is COc1ccc([N+](=O)[O-])cc1NC(=O)C(C)OC(=O)COc1ccc(N(C)S(=O)(=O)c2ccc3ccccc3c2)cc1. The van der Waals surface area contributed by atoms with Gasteiger partial charge in [0.25, 0.3) is 21.6 Å². The smallest absolute Gasteiger partial charge is 0.344 e. The number of benzene rings is 4. The van der Waals surface area contributed by atoms with Gasteiger partial charge in [-0.3, -0.25) is 19.2 Å². The molecule has 4 aromatic carbocycles. The third-order valence-corrected chi connectivity index (χ3v) is 8.05. The molecular weight excluding hydrogens is 566 g/mol. The first-order chi connectivity index (χ1) is 20.0. The minimum Gasteiger partial charge on any atom is -0.495 e. The van der Waals surface area contributed by atoms with Crippen LogP contribution in [0.1, 0.15) is 6.92 Å². The third kappa shape index (κ3) is 6.75. The van der Waals surface area contributed by atoms with E-state index >= 15 is 0 Å². The molecule has 13 heteroatoms. The predicted molar refractivity (Wildman–Crippen MR) is 155 cm³/mol. The number of hydrogen-bond donors (Lipinski definition) is 1. The number of nitrogens with one attached hydrogen (secondary N) is 1. The lowest BCUT2D eigenvalue weighted by Gasteiger charge is -2.20. The Labute approximate surface area is 241 Å². The van der Waals surface area contributed by atoms with Crippen LogP contribution in [0.25, 0.3) is 10.8 Å². The maximum absolute atomic E-state index is 13.2. The Morgan fingerprint density at radius 3 is 2.33 bits per heavy atom. The van der Waals surface area contributed by atoms with E-state index < -0.39 is 39.5 Å². The molecule has 1 atom stereocenters. The van der Waals surface area contributed by atoms with Gasteiger partial charge in [0.1, 0.15) is 11.5 Å². The lowest BCUT2D eigenvalue weighted by Crippen LogP contribution is -2.31. The van der Waals surface area contributed by atoms with Gasteiger partial charge in [-0.25, -0.2) is 13.2 Å². The zero-order valence-corrected chi connectivity index (χ0v) is 23.7. The van der Waals surface area contributed by atoms with Crippen LogP contribution in [-0.2, 0) is 24.3 Å². The molecule has 4 rings (SSSR count). The number of carbonyl (C=O) groups excluding carboxylic acids is 2. The van der Waals surface area contributed by atoms with Crippen LogP contribution in [-0.4, -0.2) is 52.1 Å². The zero-order chi connectivity index (χ0) is 30.4. The summed E-state index contributed by atoms with van der Waals surface area (Å²) >= 11 is 0. The Bertz CT molecular complexity index is 1740. The van der Waals surface area contributed by atoms with Crippen molar-refractivity contribution in [3.05, 3.63) is 95.0 Å². The van der Waals surface area contributed by atoms with Crippen molar-refractivity contribution in [3.8, 4) is 11.5 Å².